The molecular formula is C16H17N3O3S. The van der Waals surface area contributed by atoms with Crippen LogP contribution in [0.4, 0.5) is 0 Å². The van der Waals surface area contributed by atoms with Gasteiger partial charge in [0.25, 0.3) is 0 Å². The van der Waals surface area contributed by atoms with Gasteiger partial charge in [-0.15, -0.1) is 0 Å². The van der Waals surface area contributed by atoms with Crippen molar-refractivity contribution in [3.8, 4) is 5.75 Å². The summed E-state index contributed by atoms with van der Waals surface area (Å²) in [7, 11) is -3.93. The highest BCUT2D eigenvalue weighted by atomic mass is 32.2. The maximum atomic E-state index is 12.3. The van der Waals surface area contributed by atoms with Crippen molar-refractivity contribution < 1.29 is 12.6 Å². The van der Waals surface area contributed by atoms with Gasteiger partial charge in [0.1, 0.15) is 4.90 Å². The van der Waals surface area contributed by atoms with Gasteiger partial charge in [0.15, 0.2) is 5.75 Å². The lowest BCUT2D eigenvalue weighted by Gasteiger charge is -2.08. The van der Waals surface area contributed by atoms with Crippen LogP contribution < -0.4 is 9.92 Å². The van der Waals surface area contributed by atoms with E-state index in [1.54, 1.807) is 18.2 Å². The minimum absolute atomic E-state index is 0.0118. The third-order valence-electron chi connectivity index (χ3n) is 3.43. The minimum Gasteiger partial charge on any atom is -0.377 e. The van der Waals surface area contributed by atoms with Crippen LogP contribution in [0.3, 0.4) is 0 Å². The summed E-state index contributed by atoms with van der Waals surface area (Å²) in [5.41, 5.74) is 7.50. The number of pyridine rings is 1. The van der Waals surface area contributed by atoms with Crippen LogP contribution in [-0.4, -0.2) is 24.4 Å². The molecule has 23 heavy (non-hydrogen) atoms. The molecular weight excluding hydrogens is 314 g/mol. The molecule has 3 N–H and O–H groups in total. The Morgan fingerprint density at radius 3 is 2.83 bits per heavy atom. The molecule has 7 heteroatoms. The molecule has 3 aromatic rings. The summed E-state index contributed by atoms with van der Waals surface area (Å²) in [6.45, 7) is 1.92. The van der Waals surface area contributed by atoms with Crippen molar-refractivity contribution in [3.05, 3.63) is 54.5 Å². The quantitative estimate of drug-likeness (QED) is 0.699. The van der Waals surface area contributed by atoms with E-state index in [2.05, 4.69) is 9.97 Å². The Morgan fingerprint density at radius 2 is 2.13 bits per heavy atom. The molecule has 120 valence electrons. The van der Waals surface area contributed by atoms with E-state index in [1.807, 2.05) is 19.2 Å². The summed E-state index contributed by atoms with van der Waals surface area (Å²) >= 11 is 0. The fraction of sp³-hybridized carbons (Fsp3) is 0.188. The molecule has 0 fully saturated rings. The van der Waals surface area contributed by atoms with Gasteiger partial charge in [-0.05, 0) is 37.1 Å². The monoisotopic (exact) mass is 331 g/mol. The summed E-state index contributed by atoms with van der Waals surface area (Å²) in [4.78, 5) is 6.90. The van der Waals surface area contributed by atoms with E-state index >= 15 is 0 Å². The van der Waals surface area contributed by atoms with Gasteiger partial charge >= 0.3 is 10.1 Å². The van der Waals surface area contributed by atoms with Gasteiger partial charge in [0.05, 0.1) is 5.52 Å². The third kappa shape index (κ3) is 3.20. The van der Waals surface area contributed by atoms with Crippen molar-refractivity contribution in [2.45, 2.75) is 24.3 Å². The summed E-state index contributed by atoms with van der Waals surface area (Å²) in [6.07, 6.45) is 5.28. The summed E-state index contributed by atoms with van der Waals surface area (Å²) in [6, 6.07) is 8.28. The predicted octanol–water partition coefficient (Wildman–Crippen LogP) is 2.22. The second kappa shape index (κ2) is 6.02. The first-order valence-electron chi connectivity index (χ1n) is 7.16. The van der Waals surface area contributed by atoms with Gasteiger partial charge < -0.3 is 14.9 Å². The van der Waals surface area contributed by atoms with Gasteiger partial charge in [-0.1, -0.05) is 12.1 Å². The molecule has 0 aliphatic heterocycles. The average Bonchev–Trinajstić information content (AvgIpc) is 2.91. The van der Waals surface area contributed by atoms with Crippen molar-refractivity contribution in [2.24, 2.45) is 5.73 Å². The minimum atomic E-state index is -3.93. The van der Waals surface area contributed by atoms with Crippen LogP contribution in [-0.2, 0) is 16.5 Å². The van der Waals surface area contributed by atoms with Crippen molar-refractivity contribution in [1.29, 1.82) is 0 Å². The second-order valence-corrected chi connectivity index (χ2v) is 6.95. The number of nitrogens with one attached hydrogen (secondary N) is 1. The number of nitrogens with two attached hydrogens (primary N) is 1. The van der Waals surface area contributed by atoms with Gasteiger partial charge in [-0.3, -0.25) is 4.98 Å². The Bertz CT molecular complexity index is 918. The molecule has 0 saturated heterocycles. The highest BCUT2D eigenvalue weighted by molar-refractivity contribution is 7.87. The predicted molar refractivity (Wildman–Crippen MR) is 87.7 cm³/mol. The third-order valence-corrected chi connectivity index (χ3v) is 4.65. The van der Waals surface area contributed by atoms with E-state index < -0.39 is 10.1 Å². The summed E-state index contributed by atoms with van der Waals surface area (Å²) in [5, 5.41) is 0.904. The number of hydrogen-bond donors (Lipinski definition) is 2. The Morgan fingerprint density at radius 1 is 1.30 bits per heavy atom. The lowest BCUT2D eigenvalue weighted by molar-refractivity contribution is 0.488. The molecule has 0 aliphatic carbocycles. The normalized spacial score (nSPS) is 13.1. The smallest absolute Gasteiger partial charge is 0.340 e. The SMILES string of the molecule is C[C@@H](N)Cc1c[nH]c2c(OS(=O)(=O)c3cccnc3)cccc12. The van der Waals surface area contributed by atoms with Crippen molar-refractivity contribution in [2.75, 3.05) is 0 Å². The molecule has 0 unspecified atom stereocenters. The number of rotatable bonds is 5. The van der Waals surface area contributed by atoms with Crippen molar-refractivity contribution >= 4 is 21.0 Å². The van der Waals surface area contributed by atoms with E-state index in [-0.39, 0.29) is 16.7 Å². The van der Waals surface area contributed by atoms with Gasteiger partial charge in [-0.2, -0.15) is 8.42 Å². The molecule has 2 heterocycles. The number of para-hydroxylation sites is 1. The molecule has 0 amide bonds. The van der Waals surface area contributed by atoms with E-state index in [4.69, 9.17) is 9.92 Å². The van der Waals surface area contributed by atoms with E-state index in [0.29, 0.717) is 11.9 Å². The fourth-order valence-corrected chi connectivity index (χ4v) is 3.34. The van der Waals surface area contributed by atoms with E-state index in [1.165, 1.54) is 18.5 Å². The van der Waals surface area contributed by atoms with Gasteiger partial charge in [0.2, 0.25) is 0 Å². The first-order valence-corrected chi connectivity index (χ1v) is 8.57. The molecule has 0 aliphatic rings. The Hall–Kier alpha value is -2.38. The van der Waals surface area contributed by atoms with Crippen LogP contribution in [0.25, 0.3) is 10.9 Å². The highest BCUT2D eigenvalue weighted by Crippen LogP contribution is 2.29. The maximum absolute atomic E-state index is 12.3. The molecule has 0 spiro atoms. The Labute approximate surface area is 134 Å². The zero-order chi connectivity index (χ0) is 16.4. The molecule has 1 atom stereocenters. The zero-order valence-electron chi connectivity index (χ0n) is 12.6. The number of H-pyrrole nitrogens is 1. The van der Waals surface area contributed by atoms with Crippen molar-refractivity contribution in [1.82, 2.24) is 9.97 Å². The lowest BCUT2D eigenvalue weighted by Crippen LogP contribution is -2.17. The first-order chi connectivity index (χ1) is 11.0. The largest absolute Gasteiger partial charge is 0.377 e. The number of aromatic amines is 1. The lowest BCUT2D eigenvalue weighted by atomic mass is 10.1. The van der Waals surface area contributed by atoms with Crippen LogP contribution in [0.2, 0.25) is 0 Å². The molecule has 0 radical (unpaired) electrons. The Balaban J connectivity index is 2.00. The molecule has 0 saturated carbocycles. The number of benzene rings is 1. The molecule has 3 rings (SSSR count). The molecule has 0 bridgehead atoms. The molecule has 1 aromatic carbocycles. The number of hydrogen-bond acceptors (Lipinski definition) is 5. The van der Waals surface area contributed by atoms with E-state index in [9.17, 15) is 8.42 Å². The number of nitrogens with zero attached hydrogens (tertiary/aromatic N) is 1. The second-order valence-electron chi connectivity index (χ2n) is 5.40. The van der Waals surface area contributed by atoms with Crippen LogP contribution in [0.15, 0.2) is 53.8 Å². The number of aromatic nitrogens is 2. The fourth-order valence-electron chi connectivity index (χ4n) is 2.43. The van der Waals surface area contributed by atoms with Crippen LogP contribution in [0.1, 0.15) is 12.5 Å². The first kappa shape index (κ1) is 15.5. The standard InChI is InChI=1S/C16H17N3O3S/c1-11(17)8-12-9-19-16-14(12)5-2-6-15(16)22-23(20,21)13-4-3-7-18-10-13/h2-7,9-11,19H,8,17H2,1H3/t11-/m1/s1. The van der Waals surface area contributed by atoms with E-state index in [0.717, 1.165) is 10.9 Å². The van der Waals surface area contributed by atoms with Crippen molar-refractivity contribution in [3.63, 3.8) is 0 Å². The summed E-state index contributed by atoms with van der Waals surface area (Å²) in [5.74, 6) is 0.252. The Kier molecular flexibility index (Phi) is 4.06. The van der Waals surface area contributed by atoms with Gasteiger partial charge in [0, 0.05) is 30.0 Å². The highest BCUT2D eigenvalue weighted by Gasteiger charge is 2.19. The maximum Gasteiger partial charge on any atom is 0.340 e. The topological polar surface area (TPSA) is 98.1 Å². The average molecular weight is 331 g/mol. The summed E-state index contributed by atoms with van der Waals surface area (Å²) < 4.78 is 30.0. The van der Waals surface area contributed by atoms with Crippen LogP contribution >= 0.6 is 0 Å². The molecule has 6 nitrogen and oxygen atoms in total. The molecule has 2 aromatic heterocycles. The number of fused-ring (bicyclic) bond motifs is 1. The van der Waals surface area contributed by atoms with Crippen LogP contribution in [0, 0.1) is 0 Å². The van der Waals surface area contributed by atoms with Crippen LogP contribution in [0.5, 0.6) is 5.75 Å². The van der Waals surface area contributed by atoms with Gasteiger partial charge in [-0.25, -0.2) is 0 Å². The zero-order valence-corrected chi connectivity index (χ0v) is 13.4.